The van der Waals surface area contributed by atoms with Crippen molar-refractivity contribution in [2.24, 2.45) is 7.05 Å². The van der Waals surface area contributed by atoms with Gasteiger partial charge >= 0.3 is 11.9 Å². The Labute approximate surface area is 118 Å². The molecule has 0 aliphatic heterocycles. The Morgan fingerprint density at radius 2 is 1.71 bits per heavy atom. The van der Waals surface area contributed by atoms with Gasteiger partial charge in [-0.2, -0.15) is 5.10 Å². The molecule has 1 aromatic heterocycles. The van der Waals surface area contributed by atoms with Crippen molar-refractivity contribution in [2.75, 3.05) is 5.32 Å². The third kappa shape index (κ3) is 2.89. The Morgan fingerprint density at radius 1 is 1.10 bits per heavy atom. The normalized spacial score (nSPS) is 10.1. The highest BCUT2D eigenvalue weighted by Gasteiger charge is 2.21. The minimum absolute atomic E-state index is 0.0831. The lowest BCUT2D eigenvalue weighted by Crippen LogP contribution is -2.19. The lowest BCUT2D eigenvalue weighted by atomic mass is 10.2. The molecule has 0 spiro atoms. The van der Waals surface area contributed by atoms with Gasteiger partial charge in [0.2, 0.25) is 0 Å². The van der Waals surface area contributed by atoms with E-state index in [-0.39, 0.29) is 16.8 Å². The molecule has 0 fully saturated rings. The Hall–Kier alpha value is -3.16. The summed E-state index contributed by atoms with van der Waals surface area (Å²) in [6.45, 7) is 0. The summed E-state index contributed by atoms with van der Waals surface area (Å²) in [6.07, 6.45) is 1.09. The summed E-state index contributed by atoms with van der Waals surface area (Å²) in [6, 6.07) is 5.49. The number of benzene rings is 1. The summed E-state index contributed by atoms with van der Waals surface area (Å²) >= 11 is 0. The minimum atomic E-state index is -1.26. The predicted octanol–water partition coefficient (Wildman–Crippen LogP) is 1.07. The molecule has 1 aromatic carbocycles. The van der Waals surface area contributed by atoms with Gasteiger partial charge in [-0.3, -0.25) is 9.48 Å². The van der Waals surface area contributed by atoms with Crippen LogP contribution in [0.2, 0.25) is 0 Å². The molecule has 0 unspecified atom stereocenters. The van der Waals surface area contributed by atoms with Crippen molar-refractivity contribution in [1.82, 2.24) is 9.78 Å². The largest absolute Gasteiger partial charge is 0.478 e. The van der Waals surface area contributed by atoms with Gasteiger partial charge in [-0.15, -0.1) is 0 Å². The molecule has 0 aliphatic carbocycles. The fraction of sp³-hybridized carbons (Fsp3) is 0.0769. The van der Waals surface area contributed by atoms with Crippen LogP contribution in [0, 0.1) is 0 Å². The van der Waals surface area contributed by atoms with Crippen LogP contribution in [-0.2, 0) is 7.05 Å². The van der Waals surface area contributed by atoms with Gasteiger partial charge in [-0.1, -0.05) is 0 Å². The summed E-state index contributed by atoms with van der Waals surface area (Å²) < 4.78 is 1.16. The first kappa shape index (κ1) is 14.3. The Balaban J connectivity index is 2.24. The molecule has 2 aromatic rings. The Morgan fingerprint density at radius 3 is 2.24 bits per heavy atom. The van der Waals surface area contributed by atoms with Crippen molar-refractivity contribution in [1.29, 1.82) is 0 Å². The van der Waals surface area contributed by atoms with Crippen LogP contribution >= 0.6 is 0 Å². The van der Waals surface area contributed by atoms with E-state index in [0.29, 0.717) is 5.69 Å². The Bertz CT molecular complexity index is 718. The summed E-state index contributed by atoms with van der Waals surface area (Å²) in [5, 5.41) is 24.0. The highest BCUT2D eigenvalue weighted by Crippen LogP contribution is 2.13. The van der Waals surface area contributed by atoms with Crippen molar-refractivity contribution < 1.29 is 24.6 Å². The number of nitrogens with zero attached hydrogens (tertiary/aromatic N) is 2. The highest BCUT2D eigenvalue weighted by atomic mass is 16.4. The van der Waals surface area contributed by atoms with E-state index in [0.717, 1.165) is 10.9 Å². The van der Waals surface area contributed by atoms with Crippen molar-refractivity contribution in [3.05, 3.63) is 47.3 Å². The van der Waals surface area contributed by atoms with Gasteiger partial charge in [0.05, 0.1) is 11.8 Å². The van der Waals surface area contributed by atoms with Crippen LogP contribution in [0.1, 0.15) is 31.2 Å². The predicted molar refractivity (Wildman–Crippen MR) is 71.5 cm³/mol. The van der Waals surface area contributed by atoms with Crippen LogP contribution in [0.15, 0.2) is 30.5 Å². The first-order valence-electron chi connectivity index (χ1n) is 5.80. The molecule has 2 rings (SSSR count). The summed E-state index contributed by atoms with van der Waals surface area (Å²) in [7, 11) is 1.45. The van der Waals surface area contributed by atoms with E-state index in [1.165, 1.54) is 31.3 Å². The molecule has 0 saturated carbocycles. The minimum Gasteiger partial charge on any atom is -0.478 e. The number of carbonyl (C=O) groups excluding carboxylic acids is 1. The fourth-order valence-corrected chi connectivity index (χ4v) is 1.75. The second-order valence-corrected chi connectivity index (χ2v) is 4.17. The summed E-state index contributed by atoms with van der Waals surface area (Å²) in [4.78, 5) is 33.8. The fourth-order valence-electron chi connectivity index (χ4n) is 1.75. The zero-order valence-electron chi connectivity index (χ0n) is 10.9. The monoisotopic (exact) mass is 289 g/mol. The molecular weight excluding hydrogens is 278 g/mol. The number of carboxylic acids is 2. The summed E-state index contributed by atoms with van der Waals surface area (Å²) in [5.74, 6) is -2.97. The van der Waals surface area contributed by atoms with Crippen LogP contribution in [0.5, 0.6) is 0 Å². The second kappa shape index (κ2) is 5.45. The molecule has 8 heteroatoms. The molecule has 0 atom stereocenters. The number of hydrogen-bond donors (Lipinski definition) is 3. The third-order valence-corrected chi connectivity index (χ3v) is 2.77. The maximum Gasteiger partial charge on any atom is 0.339 e. The number of aryl methyl sites for hydroxylation is 1. The van der Waals surface area contributed by atoms with E-state index < -0.39 is 17.8 Å². The number of hydrogen-bond acceptors (Lipinski definition) is 4. The van der Waals surface area contributed by atoms with E-state index >= 15 is 0 Å². The van der Waals surface area contributed by atoms with Crippen molar-refractivity contribution in [3.8, 4) is 0 Å². The molecule has 21 heavy (non-hydrogen) atoms. The molecule has 0 radical (unpaired) electrons. The Kier molecular flexibility index (Phi) is 3.70. The first-order valence-corrected chi connectivity index (χ1v) is 5.80. The molecule has 1 heterocycles. The molecule has 1 amide bonds. The van der Waals surface area contributed by atoms with Gasteiger partial charge < -0.3 is 15.5 Å². The molecule has 108 valence electrons. The van der Waals surface area contributed by atoms with Gasteiger partial charge in [-0.25, -0.2) is 9.59 Å². The maximum absolute atomic E-state index is 12.1. The quantitative estimate of drug-likeness (QED) is 0.774. The van der Waals surface area contributed by atoms with Crippen LogP contribution in [-0.4, -0.2) is 37.8 Å². The maximum atomic E-state index is 12.1. The van der Waals surface area contributed by atoms with Crippen LogP contribution in [0.3, 0.4) is 0 Å². The van der Waals surface area contributed by atoms with Crippen LogP contribution in [0.4, 0.5) is 5.69 Å². The van der Waals surface area contributed by atoms with Gasteiger partial charge in [-0.05, 0) is 24.3 Å². The highest BCUT2D eigenvalue weighted by molar-refractivity contribution is 6.09. The summed E-state index contributed by atoms with van der Waals surface area (Å²) in [5.41, 5.74) is 0.129. The van der Waals surface area contributed by atoms with Crippen molar-refractivity contribution in [2.45, 2.75) is 0 Å². The van der Waals surface area contributed by atoms with Crippen LogP contribution in [0.25, 0.3) is 0 Å². The number of aromatic carboxylic acids is 2. The van der Waals surface area contributed by atoms with Crippen molar-refractivity contribution in [3.63, 3.8) is 0 Å². The van der Waals surface area contributed by atoms with E-state index in [1.807, 2.05) is 0 Å². The number of amides is 1. The number of aromatic nitrogens is 2. The molecule has 3 N–H and O–H groups in total. The number of carbonyl (C=O) groups is 3. The lowest BCUT2D eigenvalue weighted by Gasteiger charge is -2.06. The van der Waals surface area contributed by atoms with Crippen LogP contribution < -0.4 is 5.32 Å². The molecule has 0 bridgehead atoms. The number of carboxylic acid groups (broad SMARTS) is 2. The standard InChI is InChI=1S/C13H11N3O5/c1-16-10(9(6-14-16)13(20)21)11(17)15-8-4-2-7(3-5-8)12(18)19/h2-6H,1H3,(H,15,17)(H,18,19)(H,20,21). The molecular formula is C13H11N3O5. The van der Waals surface area contributed by atoms with Gasteiger partial charge in [0.1, 0.15) is 11.3 Å². The SMILES string of the molecule is Cn1ncc(C(=O)O)c1C(=O)Nc1ccc(C(=O)O)cc1. The topological polar surface area (TPSA) is 122 Å². The molecule has 0 aliphatic rings. The molecule has 8 nitrogen and oxygen atoms in total. The van der Waals surface area contributed by atoms with E-state index in [4.69, 9.17) is 10.2 Å². The van der Waals surface area contributed by atoms with Crippen molar-refractivity contribution >= 4 is 23.5 Å². The van der Waals surface area contributed by atoms with Gasteiger partial charge in [0, 0.05) is 12.7 Å². The van der Waals surface area contributed by atoms with Gasteiger partial charge in [0.15, 0.2) is 0 Å². The van der Waals surface area contributed by atoms with Gasteiger partial charge in [0.25, 0.3) is 5.91 Å². The smallest absolute Gasteiger partial charge is 0.339 e. The number of anilines is 1. The van der Waals surface area contributed by atoms with E-state index in [2.05, 4.69) is 10.4 Å². The first-order chi connectivity index (χ1) is 9.90. The zero-order valence-corrected chi connectivity index (χ0v) is 10.9. The second-order valence-electron chi connectivity index (χ2n) is 4.17. The lowest BCUT2D eigenvalue weighted by molar-refractivity contribution is 0.0684. The van der Waals surface area contributed by atoms with E-state index in [1.54, 1.807) is 0 Å². The average molecular weight is 289 g/mol. The average Bonchev–Trinajstić information content (AvgIpc) is 2.81. The third-order valence-electron chi connectivity index (χ3n) is 2.77. The molecule has 0 saturated heterocycles. The number of rotatable bonds is 4. The van der Waals surface area contributed by atoms with E-state index in [9.17, 15) is 14.4 Å². The number of nitrogens with one attached hydrogen (secondary N) is 1. The zero-order chi connectivity index (χ0) is 15.6.